The Morgan fingerprint density at radius 2 is 2.19 bits per heavy atom. The van der Waals surface area contributed by atoms with Crippen LogP contribution in [0.1, 0.15) is 43.5 Å². The fourth-order valence-corrected chi connectivity index (χ4v) is 5.31. The number of carbonyl (C=O) groups excluding carboxylic acids is 1. The third-order valence-corrected chi connectivity index (χ3v) is 7.31. The summed E-state index contributed by atoms with van der Waals surface area (Å²) < 4.78 is 8.14. The van der Waals surface area contributed by atoms with Crippen LogP contribution in [-0.2, 0) is 12.0 Å². The molecular formula is C22H27N7O2S. The number of aryl methyl sites for hydroxylation is 1. The molecule has 0 radical (unpaired) electrons. The third-order valence-electron chi connectivity index (χ3n) is 6.37. The molecule has 1 saturated heterocycles. The highest BCUT2D eigenvalue weighted by molar-refractivity contribution is 7.09. The third kappa shape index (κ3) is 3.58. The summed E-state index contributed by atoms with van der Waals surface area (Å²) in [6.07, 6.45) is 5.23. The minimum Gasteiger partial charge on any atom is -0.480 e. The lowest BCUT2D eigenvalue weighted by Crippen LogP contribution is -2.40. The van der Waals surface area contributed by atoms with Gasteiger partial charge in [-0.1, -0.05) is 0 Å². The molecule has 1 spiro atoms. The van der Waals surface area contributed by atoms with E-state index in [-0.39, 0.29) is 17.6 Å². The van der Waals surface area contributed by atoms with Gasteiger partial charge in [-0.15, -0.1) is 11.3 Å². The summed E-state index contributed by atoms with van der Waals surface area (Å²) >= 11 is 1.54. The number of nitrogens with two attached hydrogens (primary N) is 1. The number of thiazole rings is 1. The molecule has 0 bridgehead atoms. The van der Waals surface area contributed by atoms with Crippen LogP contribution in [-0.4, -0.2) is 50.3 Å². The number of carbonyl (C=O) groups is 1. The van der Waals surface area contributed by atoms with Crippen LogP contribution in [0.2, 0.25) is 0 Å². The number of hydrogen-bond acceptors (Lipinski definition) is 7. The minimum atomic E-state index is -0.219. The summed E-state index contributed by atoms with van der Waals surface area (Å²) in [6.45, 7) is 6.87. The number of anilines is 1. The minimum absolute atomic E-state index is 0.0152. The predicted molar refractivity (Wildman–Crippen MR) is 123 cm³/mol. The number of nitrogen functional groups attached to an aromatic ring is 1. The Balaban J connectivity index is 1.39. The second kappa shape index (κ2) is 8.09. The van der Waals surface area contributed by atoms with Crippen molar-refractivity contribution in [2.45, 2.75) is 44.8 Å². The van der Waals surface area contributed by atoms with Crippen molar-refractivity contribution in [2.24, 2.45) is 0 Å². The zero-order valence-corrected chi connectivity index (χ0v) is 19.1. The Bertz CT molecular complexity index is 1130. The second-order valence-corrected chi connectivity index (χ2v) is 9.34. The Kier molecular flexibility index (Phi) is 5.24. The fraction of sp³-hybridized carbons (Fsp3) is 0.455. The van der Waals surface area contributed by atoms with E-state index in [1.165, 1.54) is 5.69 Å². The van der Waals surface area contributed by atoms with Crippen molar-refractivity contribution in [3.05, 3.63) is 40.6 Å². The maximum Gasteiger partial charge on any atom is 0.317 e. The van der Waals surface area contributed by atoms with E-state index in [9.17, 15) is 4.79 Å². The van der Waals surface area contributed by atoms with Gasteiger partial charge in [-0.3, -0.25) is 4.68 Å². The number of amides is 2. The molecule has 10 heteroatoms. The summed E-state index contributed by atoms with van der Waals surface area (Å²) in [6, 6.07) is 4.05. The number of urea groups is 1. The van der Waals surface area contributed by atoms with Crippen LogP contribution in [0.15, 0.2) is 29.9 Å². The van der Waals surface area contributed by atoms with Crippen LogP contribution in [0.3, 0.4) is 0 Å². The van der Waals surface area contributed by atoms with Gasteiger partial charge in [-0.05, 0) is 38.8 Å². The van der Waals surface area contributed by atoms with Crippen LogP contribution < -0.4 is 15.8 Å². The van der Waals surface area contributed by atoms with Gasteiger partial charge >= 0.3 is 6.03 Å². The van der Waals surface area contributed by atoms with Gasteiger partial charge in [0.15, 0.2) is 11.6 Å². The highest BCUT2D eigenvalue weighted by Crippen LogP contribution is 2.44. The molecule has 168 valence electrons. The Morgan fingerprint density at radius 3 is 2.97 bits per heavy atom. The van der Waals surface area contributed by atoms with Gasteiger partial charge in [0, 0.05) is 60.6 Å². The van der Waals surface area contributed by atoms with E-state index in [1.54, 1.807) is 23.7 Å². The van der Waals surface area contributed by atoms with E-state index in [0.29, 0.717) is 18.1 Å². The number of nitrogens with one attached hydrogen (secondary N) is 1. The standard InChI is InChI=1S/C22H27N7O2S/c1-3-24-21(30)28-7-4-22(13-28)5-8-29-18(22)11-16(27-29)15-10-17(19(23)26-12-15)31-14(2)20-25-6-9-32-20/h6,9-12,14H,3-5,7-8,13H2,1-2H3,(H2,23,26)(H,24,30)/t14-,22-/m1/s1. The second-order valence-electron chi connectivity index (χ2n) is 8.41. The molecule has 0 unspecified atom stereocenters. The molecule has 2 amide bonds. The highest BCUT2D eigenvalue weighted by Gasteiger charge is 2.46. The van der Waals surface area contributed by atoms with E-state index in [2.05, 4.69) is 26.0 Å². The molecule has 0 aliphatic carbocycles. The molecule has 5 rings (SSSR count). The maximum atomic E-state index is 12.3. The molecule has 3 aromatic rings. The van der Waals surface area contributed by atoms with Gasteiger partial charge in [0.2, 0.25) is 0 Å². The van der Waals surface area contributed by atoms with Crippen LogP contribution in [0.4, 0.5) is 10.6 Å². The average molecular weight is 454 g/mol. The molecule has 2 aliphatic rings. The maximum absolute atomic E-state index is 12.3. The van der Waals surface area contributed by atoms with Crippen LogP contribution in [0.5, 0.6) is 5.75 Å². The molecule has 5 heterocycles. The fourth-order valence-electron chi connectivity index (χ4n) is 4.69. The lowest BCUT2D eigenvalue weighted by molar-refractivity contribution is 0.206. The topological polar surface area (TPSA) is 111 Å². The van der Waals surface area contributed by atoms with E-state index < -0.39 is 0 Å². The van der Waals surface area contributed by atoms with Crippen molar-refractivity contribution in [1.82, 2.24) is 30.0 Å². The summed E-state index contributed by atoms with van der Waals surface area (Å²) in [7, 11) is 0. The van der Waals surface area contributed by atoms with Gasteiger partial charge in [0.05, 0.1) is 5.69 Å². The molecule has 3 aromatic heterocycles. The number of hydrogen-bond donors (Lipinski definition) is 2. The molecule has 2 atom stereocenters. The molecular weight excluding hydrogens is 426 g/mol. The van der Waals surface area contributed by atoms with E-state index >= 15 is 0 Å². The largest absolute Gasteiger partial charge is 0.480 e. The molecule has 1 fully saturated rings. The van der Waals surface area contributed by atoms with Gasteiger partial charge in [-0.2, -0.15) is 5.10 Å². The van der Waals surface area contributed by atoms with E-state index in [0.717, 1.165) is 48.7 Å². The number of likely N-dealkylation sites (tertiary alicyclic amines) is 1. The van der Waals surface area contributed by atoms with Crippen LogP contribution >= 0.6 is 11.3 Å². The summed E-state index contributed by atoms with van der Waals surface area (Å²) in [5, 5.41) is 10.6. The molecule has 2 aliphatic heterocycles. The lowest BCUT2D eigenvalue weighted by atomic mass is 9.82. The van der Waals surface area contributed by atoms with Gasteiger partial charge in [-0.25, -0.2) is 14.8 Å². The van der Waals surface area contributed by atoms with E-state index in [4.69, 9.17) is 15.6 Å². The first kappa shape index (κ1) is 20.7. The zero-order valence-electron chi connectivity index (χ0n) is 18.2. The number of fused-ring (bicyclic) bond motifs is 2. The molecule has 3 N–H and O–H groups in total. The summed E-state index contributed by atoms with van der Waals surface area (Å²) in [5.74, 6) is 0.866. The highest BCUT2D eigenvalue weighted by atomic mass is 32.1. The van der Waals surface area contributed by atoms with Crippen molar-refractivity contribution in [3.63, 3.8) is 0 Å². The SMILES string of the molecule is CCNC(=O)N1CC[C@@]2(CCn3nc(-c4cnc(N)c(O[C@H](C)c5nccs5)c4)cc32)C1. The summed E-state index contributed by atoms with van der Waals surface area (Å²) in [4.78, 5) is 22.9. The Labute approximate surface area is 190 Å². The monoisotopic (exact) mass is 453 g/mol. The predicted octanol–water partition coefficient (Wildman–Crippen LogP) is 3.20. The van der Waals surface area contributed by atoms with Crippen LogP contribution in [0, 0.1) is 0 Å². The zero-order chi connectivity index (χ0) is 22.3. The molecule has 0 saturated carbocycles. The lowest BCUT2D eigenvalue weighted by Gasteiger charge is -2.23. The molecule has 32 heavy (non-hydrogen) atoms. The van der Waals surface area contributed by atoms with Crippen molar-refractivity contribution in [3.8, 4) is 17.0 Å². The summed E-state index contributed by atoms with van der Waals surface area (Å²) in [5.41, 5.74) is 8.94. The van der Waals surface area contributed by atoms with Gasteiger partial charge in [0.1, 0.15) is 11.1 Å². The molecule has 9 nitrogen and oxygen atoms in total. The average Bonchev–Trinajstić information content (AvgIpc) is 3.56. The van der Waals surface area contributed by atoms with E-state index in [1.807, 2.05) is 30.2 Å². The number of ether oxygens (including phenoxy) is 1. The first-order valence-corrected chi connectivity index (χ1v) is 11.8. The smallest absolute Gasteiger partial charge is 0.317 e. The van der Waals surface area contributed by atoms with Gasteiger partial charge < -0.3 is 20.7 Å². The normalized spacial score (nSPS) is 20.5. The first-order chi connectivity index (χ1) is 15.5. The number of pyridine rings is 1. The Morgan fingerprint density at radius 1 is 1.34 bits per heavy atom. The van der Waals surface area contributed by atoms with Crippen molar-refractivity contribution < 1.29 is 9.53 Å². The first-order valence-electron chi connectivity index (χ1n) is 10.9. The van der Waals surface area contributed by atoms with Crippen molar-refractivity contribution >= 4 is 23.2 Å². The molecule has 0 aromatic carbocycles. The van der Waals surface area contributed by atoms with Crippen LogP contribution in [0.25, 0.3) is 11.3 Å². The van der Waals surface area contributed by atoms with Crippen molar-refractivity contribution in [2.75, 3.05) is 25.4 Å². The number of aromatic nitrogens is 4. The van der Waals surface area contributed by atoms with Gasteiger partial charge in [0.25, 0.3) is 0 Å². The van der Waals surface area contributed by atoms with Crippen molar-refractivity contribution in [1.29, 1.82) is 0 Å². The quantitative estimate of drug-likeness (QED) is 0.614. The number of nitrogens with zero attached hydrogens (tertiary/aromatic N) is 5. The Hall–Kier alpha value is -3.14. The number of rotatable bonds is 5.